The van der Waals surface area contributed by atoms with Crippen LogP contribution in [0.15, 0.2) is 17.1 Å². The molecular formula is C13H19N5. The van der Waals surface area contributed by atoms with E-state index in [4.69, 9.17) is 11.1 Å². The number of nitrogens with zero attached hydrogens (tertiary/aromatic N) is 2. The van der Waals surface area contributed by atoms with Crippen molar-refractivity contribution in [3.05, 3.63) is 17.8 Å². The van der Waals surface area contributed by atoms with Gasteiger partial charge in [-0.2, -0.15) is 5.10 Å². The summed E-state index contributed by atoms with van der Waals surface area (Å²) in [5, 5.41) is 14.8. The minimum absolute atomic E-state index is 0.427. The molecule has 0 amide bonds. The number of amidine groups is 1. The number of aromatic nitrogens is 2. The Hall–Kier alpha value is -1.91. The maximum atomic E-state index is 7.91. The number of nitrogens with one attached hydrogen (secondary N) is 2. The van der Waals surface area contributed by atoms with Gasteiger partial charge in [0.15, 0.2) is 5.82 Å². The zero-order valence-corrected chi connectivity index (χ0v) is 10.6. The third-order valence-electron chi connectivity index (χ3n) is 3.16. The Balaban J connectivity index is 1.95. The van der Waals surface area contributed by atoms with Crippen LogP contribution in [0.25, 0.3) is 6.08 Å². The first-order valence-electron chi connectivity index (χ1n) is 6.27. The second kappa shape index (κ2) is 5.62. The lowest BCUT2D eigenvalue weighted by Crippen LogP contribution is -2.26. The van der Waals surface area contributed by atoms with Crippen molar-refractivity contribution in [3.8, 4) is 0 Å². The predicted molar refractivity (Wildman–Crippen MR) is 74.3 cm³/mol. The predicted octanol–water partition coefficient (Wildman–Crippen LogP) is 2.64. The van der Waals surface area contributed by atoms with Crippen molar-refractivity contribution >= 4 is 23.4 Å². The van der Waals surface area contributed by atoms with Crippen LogP contribution in [0.2, 0.25) is 0 Å². The van der Waals surface area contributed by atoms with E-state index in [0.717, 1.165) is 18.5 Å². The van der Waals surface area contributed by atoms with Gasteiger partial charge in [0.25, 0.3) is 0 Å². The van der Waals surface area contributed by atoms with Gasteiger partial charge < -0.3 is 11.1 Å². The Bertz CT molecular complexity index is 479. The molecule has 4 N–H and O–H groups in total. The average molecular weight is 245 g/mol. The SMILES string of the molecule is C/C=C/c1cc(N=C(N)CC(=N)C2CCC2)n[nH]1. The number of nitrogens with two attached hydrogens (primary N) is 1. The van der Waals surface area contributed by atoms with E-state index in [1.54, 1.807) is 0 Å². The lowest BCUT2D eigenvalue weighted by molar-refractivity contribution is 0.409. The van der Waals surface area contributed by atoms with Crippen LogP contribution in [-0.4, -0.2) is 21.7 Å². The summed E-state index contributed by atoms with van der Waals surface area (Å²) in [4.78, 5) is 4.22. The molecule has 0 atom stereocenters. The molecule has 18 heavy (non-hydrogen) atoms. The van der Waals surface area contributed by atoms with Gasteiger partial charge in [-0.15, -0.1) is 0 Å². The summed E-state index contributed by atoms with van der Waals surface area (Å²) in [5.41, 5.74) is 7.45. The molecule has 1 aliphatic carbocycles. The zero-order valence-electron chi connectivity index (χ0n) is 10.6. The molecule has 0 radical (unpaired) electrons. The molecule has 0 saturated heterocycles. The van der Waals surface area contributed by atoms with Crippen LogP contribution in [0.3, 0.4) is 0 Å². The maximum Gasteiger partial charge on any atom is 0.175 e. The second-order valence-corrected chi connectivity index (χ2v) is 4.61. The summed E-state index contributed by atoms with van der Waals surface area (Å²) in [6.07, 6.45) is 7.78. The van der Waals surface area contributed by atoms with Gasteiger partial charge in [-0.25, -0.2) is 4.99 Å². The molecule has 1 heterocycles. The Labute approximate surface area is 107 Å². The van der Waals surface area contributed by atoms with Crippen LogP contribution in [0.5, 0.6) is 0 Å². The molecule has 0 aromatic carbocycles. The van der Waals surface area contributed by atoms with E-state index in [1.807, 2.05) is 25.1 Å². The number of allylic oxidation sites excluding steroid dienone is 1. The summed E-state index contributed by atoms with van der Waals surface area (Å²) in [5.74, 6) is 1.46. The molecule has 1 fully saturated rings. The van der Waals surface area contributed by atoms with E-state index in [9.17, 15) is 0 Å². The van der Waals surface area contributed by atoms with E-state index in [2.05, 4.69) is 15.2 Å². The van der Waals surface area contributed by atoms with E-state index in [0.29, 0.717) is 29.7 Å². The number of hydrogen-bond donors (Lipinski definition) is 3. The first-order chi connectivity index (χ1) is 8.69. The van der Waals surface area contributed by atoms with Crippen LogP contribution >= 0.6 is 0 Å². The van der Waals surface area contributed by atoms with Gasteiger partial charge in [-0.3, -0.25) is 5.10 Å². The van der Waals surface area contributed by atoms with Crippen LogP contribution in [0.1, 0.15) is 38.3 Å². The molecule has 0 spiro atoms. The molecule has 5 heteroatoms. The van der Waals surface area contributed by atoms with Gasteiger partial charge >= 0.3 is 0 Å². The molecule has 0 aliphatic heterocycles. The van der Waals surface area contributed by atoms with E-state index in [1.165, 1.54) is 6.42 Å². The largest absolute Gasteiger partial charge is 0.387 e. The highest BCUT2D eigenvalue weighted by Crippen LogP contribution is 2.28. The molecule has 1 aromatic heterocycles. The molecule has 1 saturated carbocycles. The fourth-order valence-electron chi connectivity index (χ4n) is 1.93. The molecule has 5 nitrogen and oxygen atoms in total. The normalized spacial score (nSPS) is 17.1. The van der Waals surface area contributed by atoms with Crippen LogP contribution in [0.4, 0.5) is 5.82 Å². The molecule has 2 rings (SSSR count). The van der Waals surface area contributed by atoms with E-state index < -0.39 is 0 Å². The molecular weight excluding hydrogens is 226 g/mol. The highest BCUT2D eigenvalue weighted by atomic mass is 15.2. The third-order valence-corrected chi connectivity index (χ3v) is 3.16. The third kappa shape index (κ3) is 3.06. The smallest absolute Gasteiger partial charge is 0.175 e. The minimum atomic E-state index is 0.427. The van der Waals surface area contributed by atoms with Crippen molar-refractivity contribution < 1.29 is 0 Å². The molecule has 0 unspecified atom stereocenters. The van der Waals surface area contributed by atoms with Gasteiger partial charge in [-0.1, -0.05) is 12.5 Å². The highest BCUT2D eigenvalue weighted by Gasteiger charge is 2.22. The topological polar surface area (TPSA) is 90.9 Å². The number of hydrogen-bond acceptors (Lipinski definition) is 3. The number of aliphatic imine (C=N–C) groups is 1. The van der Waals surface area contributed by atoms with E-state index in [-0.39, 0.29) is 0 Å². The van der Waals surface area contributed by atoms with Crippen LogP contribution in [-0.2, 0) is 0 Å². The van der Waals surface area contributed by atoms with Crippen molar-refractivity contribution in [1.82, 2.24) is 10.2 Å². The van der Waals surface area contributed by atoms with Crippen molar-refractivity contribution in [2.75, 3.05) is 0 Å². The van der Waals surface area contributed by atoms with Gasteiger partial charge in [0.05, 0.1) is 5.69 Å². The Morgan fingerprint density at radius 2 is 2.44 bits per heavy atom. The zero-order chi connectivity index (χ0) is 13.0. The Morgan fingerprint density at radius 3 is 3.06 bits per heavy atom. The number of rotatable bonds is 5. The first kappa shape index (κ1) is 12.5. The van der Waals surface area contributed by atoms with Crippen molar-refractivity contribution in [2.24, 2.45) is 16.6 Å². The first-order valence-corrected chi connectivity index (χ1v) is 6.27. The summed E-state index contributed by atoms with van der Waals surface area (Å²) in [6.45, 7) is 1.94. The summed E-state index contributed by atoms with van der Waals surface area (Å²) in [7, 11) is 0. The van der Waals surface area contributed by atoms with Crippen LogP contribution in [0, 0.1) is 11.3 Å². The fourth-order valence-corrected chi connectivity index (χ4v) is 1.93. The summed E-state index contributed by atoms with van der Waals surface area (Å²) in [6, 6.07) is 1.83. The fraction of sp³-hybridized carbons (Fsp3) is 0.462. The lowest BCUT2D eigenvalue weighted by atomic mass is 9.80. The van der Waals surface area contributed by atoms with Crippen molar-refractivity contribution in [2.45, 2.75) is 32.6 Å². The Kier molecular flexibility index (Phi) is 3.92. The van der Waals surface area contributed by atoms with Crippen molar-refractivity contribution in [1.29, 1.82) is 5.41 Å². The standard InChI is InChI=1S/C13H19N5/c1-2-4-10-7-13(18-17-10)16-12(15)8-11(14)9-5-3-6-9/h2,4,7,9,14H,3,5-6,8H2,1H3,(H3,15,16,17,18)/b4-2+,14-11?. The van der Waals surface area contributed by atoms with Crippen LogP contribution < -0.4 is 5.73 Å². The lowest BCUT2D eigenvalue weighted by Gasteiger charge is -2.25. The van der Waals surface area contributed by atoms with E-state index >= 15 is 0 Å². The summed E-state index contributed by atoms with van der Waals surface area (Å²) >= 11 is 0. The maximum absolute atomic E-state index is 7.91. The second-order valence-electron chi connectivity index (χ2n) is 4.61. The van der Waals surface area contributed by atoms with Gasteiger partial charge in [0, 0.05) is 18.2 Å². The van der Waals surface area contributed by atoms with Crippen molar-refractivity contribution in [3.63, 3.8) is 0 Å². The molecule has 96 valence electrons. The molecule has 1 aliphatic rings. The summed E-state index contributed by atoms with van der Waals surface area (Å²) < 4.78 is 0. The monoisotopic (exact) mass is 245 g/mol. The van der Waals surface area contributed by atoms with Gasteiger partial charge in [0.1, 0.15) is 5.84 Å². The highest BCUT2D eigenvalue weighted by molar-refractivity contribution is 6.03. The van der Waals surface area contributed by atoms with Gasteiger partial charge in [0.2, 0.25) is 0 Å². The number of aromatic amines is 1. The van der Waals surface area contributed by atoms with Gasteiger partial charge in [-0.05, 0) is 31.8 Å². The average Bonchev–Trinajstić information content (AvgIpc) is 2.62. The number of H-pyrrole nitrogens is 1. The Morgan fingerprint density at radius 1 is 1.67 bits per heavy atom. The minimum Gasteiger partial charge on any atom is -0.387 e. The molecule has 0 bridgehead atoms. The molecule has 1 aromatic rings. The quantitative estimate of drug-likeness (QED) is 0.549.